The summed E-state index contributed by atoms with van der Waals surface area (Å²) in [5.74, 6) is 0.00917. The average Bonchev–Trinajstić information content (AvgIpc) is 2.82. The van der Waals surface area contributed by atoms with Gasteiger partial charge in [0.2, 0.25) is 5.91 Å². The van der Waals surface area contributed by atoms with E-state index in [9.17, 15) is 4.79 Å². The molecule has 1 saturated heterocycles. The third-order valence-corrected chi connectivity index (χ3v) is 5.14. The summed E-state index contributed by atoms with van der Waals surface area (Å²) in [7, 11) is 0. The highest BCUT2D eigenvalue weighted by Gasteiger charge is 2.42. The van der Waals surface area contributed by atoms with Crippen molar-refractivity contribution in [3.05, 3.63) is 0 Å². The molecule has 1 aliphatic heterocycles. The van der Waals surface area contributed by atoms with Crippen LogP contribution in [0.1, 0.15) is 58.3 Å². The molecule has 2 rings (SSSR count). The first kappa shape index (κ1) is 15.7. The zero-order valence-electron chi connectivity index (χ0n) is 12.3. The van der Waals surface area contributed by atoms with Gasteiger partial charge in [0, 0.05) is 6.61 Å². The van der Waals surface area contributed by atoms with Gasteiger partial charge >= 0.3 is 0 Å². The fourth-order valence-electron chi connectivity index (χ4n) is 3.35. The third-order valence-electron chi connectivity index (χ3n) is 4.74. The number of nitrogens with one attached hydrogen (secondary N) is 1. The topological polar surface area (TPSA) is 64.4 Å². The van der Waals surface area contributed by atoms with Gasteiger partial charge in [0.15, 0.2) is 0 Å². The number of rotatable bonds is 4. The summed E-state index contributed by atoms with van der Waals surface area (Å²) < 4.78 is 5.64. The predicted molar refractivity (Wildman–Crippen MR) is 83.5 cm³/mol. The second kappa shape index (κ2) is 6.85. The molecular weight excluding hydrogens is 272 g/mol. The molecule has 114 valence electrons. The Labute approximate surface area is 126 Å². The van der Waals surface area contributed by atoms with Gasteiger partial charge in [-0.3, -0.25) is 4.79 Å². The van der Waals surface area contributed by atoms with Crippen LogP contribution in [-0.2, 0) is 9.53 Å². The lowest BCUT2D eigenvalue weighted by molar-refractivity contribution is -0.129. The standard InChI is InChI=1S/C15H26N2O2S/c1-11(12-7-6-10-19-12)17-14(18)15(13(16)20)8-4-2-3-5-9-15/h11-12H,2-10H2,1H3,(H2,16,20)(H,17,18). The van der Waals surface area contributed by atoms with Crippen LogP contribution in [0.5, 0.6) is 0 Å². The molecule has 0 aromatic rings. The molecule has 4 nitrogen and oxygen atoms in total. The highest BCUT2D eigenvalue weighted by atomic mass is 32.1. The van der Waals surface area contributed by atoms with E-state index in [0.717, 1.165) is 45.1 Å². The molecule has 0 aromatic heterocycles. The second-order valence-corrected chi connectivity index (χ2v) is 6.61. The number of nitrogens with two attached hydrogens (primary N) is 1. The summed E-state index contributed by atoms with van der Waals surface area (Å²) in [4.78, 5) is 13.1. The van der Waals surface area contributed by atoms with E-state index in [-0.39, 0.29) is 18.1 Å². The second-order valence-electron chi connectivity index (χ2n) is 6.17. The minimum atomic E-state index is -0.640. The van der Waals surface area contributed by atoms with Crippen molar-refractivity contribution < 1.29 is 9.53 Å². The van der Waals surface area contributed by atoms with Crippen LogP contribution in [0, 0.1) is 5.41 Å². The van der Waals surface area contributed by atoms with Gasteiger partial charge < -0.3 is 15.8 Å². The van der Waals surface area contributed by atoms with Crippen molar-refractivity contribution >= 4 is 23.1 Å². The molecule has 2 atom stereocenters. The fourth-order valence-corrected chi connectivity index (χ4v) is 3.65. The smallest absolute Gasteiger partial charge is 0.233 e. The fraction of sp³-hybridized carbons (Fsp3) is 0.867. The quantitative estimate of drug-likeness (QED) is 0.617. The molecular formula is C15H26N2O2S. The van der Waals surface area contributed by atoms with Crippen LogP contribution in [0.15, 0.2) is 0 Å². The van der Waals surface area contributed by atoms with E-state index in [0.29, 0.717) is 4.99 Å². The molecule has 1 saturated carbocycles. The van der Waals surface area contributed by atoms with Crippen molar-refractivity contribution in [2.75, 3.05) is 6.61 Å². The number of ether oxygens (including phenoxy) is 1. The molecule has 2 unspecified atom stereocenters. The summed E-state index contributed by atoms with van der Waals surface area (Å²) in [5.41, 5.74) is 5.30. The maximum atomic E-state index is 12.7. The first-order chi connectivity index (χ1) is 9.56. The largest absolute Gasteiger partial charge is 0.392 e. The zero-order chi connectivity index (χ0) is 14.6. The van der Waals surface area contributed by atoms with E-state index in [2.05, 4.69) is 5.32 Å². The van der Waals surface area contributed by atoms with E-state index in [4.69, 9.17) is 22.7 Å². The normalized spacial score (nSPS) is 27.6. The average molecular weight is 298 g/mol. The molecule has 0 spiro atoms. The molecule has 1 aliphatic carbocycles. The number of amides is 1. The van der Waals surface area contributed by atoms with Crippen molar-refractivity contribution in [2.24, 2.45) is 11.1 Å². The Bertz CT molecular complexity index is 359. The van der Waals surface area contributed by atoms with Crippen molar-refractivity contribution in [1.82, 2.24) is 5.32 Å². The van der Waals surface area contributed by atoms with Gasteiger partial charge in [-0.05, 0) is 32.6 Å². The summed E-state index contributed by atoms with van der Waals surface area (Å²) in [5, 5.41) is 3.11. The lowest BCUT2D eigenvalue weighted by atomic mass is 9.79. The molecule has 3 N–H and O–H groups in total. The van der Waals surface area contributed by atoms with Crippen LogP contribution >= 0.6 is 12.2 Å². The van der Waals surface area contributed by atoms with Crippen LogP contribution in [0.25, 0.3) is 0 Å². The molecule has 0 radical (unpaired) electrons. The lowest BCUT2D eigenvalue weighted by Gasteiger charge is -2.32. The highest BCUT2D eigenvalue weighted by Crippen LogP contribution is 2.36. The summed E-state index contributed by atoms with van der Waals surface area (Å²) in [6.45, 7) is 2.81. The Morgan fingerprint density at radius 1 is 1.30 bits per heavy atom. The molecule has 1 heterocycles. The molecule has 0 bridgehead atoms. The highest BCUT2D eigenvalue weighted by molar-refractivity contribution is 7.80. The van der Waals surface area contributed by atoms with Crippen molar-refractivity contribution in [3.8, 4) is 0 Å². The Morgan fingerprint density at radius 2 is 1.95 bits per heavy atom. The van der Waals surface area contributed by atoms with Gasteiger partial charge in [0.25, 0.3) is 0 Å². The van der Waals surface area contributed by atoms with Gasteiger partial charge in [0.05, 0.1) is 22.5 Å². The van der Waals surface area contributed by atoms with Crippen molar-refractivity contribution in [2.45, 2.75) is 70.4 Å². The summed E-state index contributed by atoms with van der Waals surface area (Å²) in [6, 6.07) is 0.0273. The van der Waals surface area contributed by atoms with Gasteiger partial charge in [-0.2, -0.15) is 0 Å². The summed E-state index contributed by atoms with van der Waals surface area (Å²) >= 11 is 5.24. The van der Waals surface area contributed by atoms with Gasteiger partial charge in [-0.15, -0.1) is 0 Å². The summed E-state index contributed by atoms with van der Waals surface area (Å²) in [6.07, 6.45) is 8.18. The molecule has 5 heteroatoms. The maximum Gasteiger partial charge on any atom is 0.233 e. The SMILES string of the molecule is CC(NC(=O)C1(C(N)=S)CCCCCC1)C1CCCO1. The molecule has 1 amide bonds. The molecule has 2 fully saturated rings. The van der Waals surface area contributed by atoms with E-state index < -0.39 is 5.41 Å². The zero-order valence-corrected chi connectivity index (χ0v) is 13.1. The number of thiocarbonyl (C=S) groups is 1. The Balaban J connectivity index is 2.04. The van der Waals surface area contributed by atoms with E-state index in [1.807, 2.05) is 6.92 Å². The van der Waals surface area contributed by atoms with E-state index in [1.54, 1.807) is 0 Å². The predicted octanol–water partition coefficient (Wildman–Crippen LogP) is 2.30. The Kier molecular flexibility index (Phi) is 5.38. The number of carbonyl (C=O) groups is 1. The van der Waals surface area contributed by atoms with Gasteiger partial charge in [-0.1, -0.05) is 37.9 Å². The Hall–Kier alpha value is -0.680. The third kappa shape index (κ3) is 3.31. The van der Waals surface area contributed by atoms with Gasteiger partial charge in [-0.25, -0.2) is 0 Å². The lowest BCUT2D eigenvalue weighted by Crippen LogP contribution is -2.53. The minimum absolute atomic E-state index is 0.00917. The first-order valence-electron chi connectivity index (χ1n) is 7.79. The van der Waals surface area contributed by atoms with Crippen LogP contribution < -0.4 is 11.1 Å². The first-order valence-corrected chi connectivity index (χ1v) is 8.19. The minimum Gasteiger partial charge on any atom is -0.392 e. The number of hydrogen-bond acceptors (Lipinski definition) is 3. The molecule has 2 aliphatic rings. The molecule has 20 heavy (non-hydrogen) atoms. The van der Waals surface area contributed by atoms with E-state index in [1.165, 1.54) is 12.8 Å². The van der Waals surface area contributed by atoms with Crippen LogP contribution in [-0.4, -0.2) is 29.6 Å². The van der Waals surface area contributed by atoms with Crippen LogP contribution in [0.2, 0.25) is 0 Å². The van der Waals surface area contributed by atoms with Crippen molar-refractivity contribution in [1.29, 1.82) is 0 Å². The van der Waals surface area contributed by atoms with Crippen molar-refractivity contribution in [3.63, 3.8) is 0 Å². The number of hydrogen-bond donors (Lipinski definition) is 2. The number of carbonyl (C=O) groups excluding carboxylic acids is 1. The molecule has 0 aromatic carbocycles. The van der Waals surface area contributed by atoms with Gasteiger partial charge in [0.1, 0.15) is 0 Å². The van der Waals surface area contributed by atoms with E-state index >= 15 is 0 Å². The monoisotopic (exact) mass is 298 g/mol. The maximum absolute atomic E-state index is 12.7. The van der Waals surface area contributed by atoms with Crippen LogP contribution in [0.3, 0.4) is 0 Å². The Morgan fingerprint density at radius 3 is 2.45 bits per heavy atom. The van der Waals surface area contributed by atoms with Crippen LogP contribution in [0.4, 0.5) is 0 Å².